The Labute approximate surface area is 197 Å². The Morgan fingerprint density at radius 2 is 1.75 bits per heavy atom. The smallest absolute Gasteiger partial charge is 0.191 e. The molecule has 2 aliphatic rings. The highest BCUT2D eigenvalue weighted by atomic mass is 35.5. The van der Waals surface area contributed by atoms with Gasteiger partial charge in [-0.2, -0.15) is 15.8 Å². The third-order valence-electron chi connectivity index (χ3n) is 6.31. The van der Waals surface area contributed by atoms with Crippen molar-refractivity contribution < 1.29 is 0 Å². The van der Waals surface area contributed by atoms with Crippen LogP contribution in [0.1, 0.15) is 17.0 Å². The molecule has 0 spiro atoms. The molecule has 1 heterocycles. The molecule has 0 fully saturated rings. The number of nitrogens with two attached hydrogens (primary N) is 1. The molecule has 1 aliphatic carbocycles. The van der Waals surface area contributed by atoms with Gasteiger partial charge >= 0.3 is 0 Å². The summed E-state index contributed by atoms with van der Waals surface area (Å²) in [4.78, 5) is 2.23. The van der Waals surface area contributed by atoms with Crippen LogP contribution in [0.3, 0.4) is 0 Å². The van der Waals surface area contributed by atoms with E-state index < -0.39 is 11.3 Å². The fourth-order valence-electron chi connectivity index (χ4n) is 4.81. The molecule has 2 atom stereocenters. The van der Waals surface area contributed by atoms with Crippen molar-refractivity contribution >= 4 is 23.2 Å². The average molecular weight is 460 g/mol. The first-order valence-electron chi connectivity index (χ1n) is 10.1. The van der Waals surface area contributed by atoms with Crippen LogP contribution < -0.4 is 5.73 Å². The van der Waals surface area contributed by atoms with Crippen molar-refractivity contribution in [3.05, 3.63) is 92.6 Å². The Balaban J connectivity index is 1.89. The zero-order chi connectivity index (χ0) is 22.9. The number of nitrogens with zero attached hydrogens (tertiary/aromatic N) is 4. The minimum Gasteiger partial charge on any atom is -0.399 e. The van der Waals surface area contributed by atoms with E-state index in [9.17, 15) is 15.8 Å². The maximum Gasteiger partial charge on any atom is 0.191 e. The van der Waals surface area contributed by atoms with Crippen molar-refractivity contribution in [3.8, 4) is 18.2 Å². The summed E-state index contributed by atoms with van der Waals surface area (Å²) in [6, 6.07) is 21.7. The molecule has 0 saturated heterocycles. The van der Waals surface area contributed by atoms with Crippen molar-refractivity contribution in [2.24, 2.45) is 17.1 Å². The second-order valence-electron chi connectivity index (χ2n) is 8.00. The van der Waals surface area contributed by atoms with Gasteiger partial charge in [-0.05, 0) is 22.8 Å². The normalized spacial score (nSPS) is 22.2. The summed E-state index contributed by atoms with van der Waals surface area (Å²) >= 11 is 12.9. The van der Waals surface area contributed by atoms with Gasteiger partial charge in [0.25, 0.3) is 0 Å². The highest BCUT2D eigenvalue weighted by molar-refractivity contribution is 6.42. The first-order valence-corrected chi connectivity index (χ1v) is 10.9. The third kappa shape index (κ3) is 3.44. The summed E-state index contributed by atoms with van der Waals surface area (Å²) in [5, 5.41) is 30.9. The van der Waals surface area contributed by atoms with Gasteiger partial charge in [-0.15, -0.1) is 0 Å². The van der Waals surface area contributed by atoms with Crippen LogP contribution in [0.15, 0.2) is 71.5 Å². The molecule has 2 N–H and O–H groups in total. The predicted molar refractivity (Wildman–Crippen MR) is 123 cm³/mol. The van der Waals surface area contributed by atoms with E-state index in [1.807, 2.05) is 24.3 Å². The molecule has 1 aliphatic heterocycles. The van der Waals surface area contributed by atoms with Crippen LogP contribution in [-0.2, 0) is 6.54 Å². The van der Waals surface area contributed by atoms with Crippen molar-refractivity contribution in [2.75, 3.05) is 13.1 Å². The highest BCUT2D eigenvalue weighted by Crippen LogP contribution is 2.55. The van der Waals surface area contributed by atoms with E-state index in [0.717, 1.165) is 11.1 Å². The summed E-state index contributed by atoms with van der Waals surface area (Å²) in [5.74, 6) is -1.00. The van der Waals surface area contributed by atoms with Crippen LogP contribution in [0.2, 0.25) is 10.0 Å². The number of rotatable bonds is 3. The molecule has 5 nitrogen and oxygen atoms in total. The second kappa shape index (κ2) is 8.70. The molecule has 2 aromatic carbocycles. The highest BCUT2D eigenvalue weighted by Gasteiger charge is 2.55. The maximum atomic E-state index is 10.2. The van der Waals surface area contributed by atoms with E-state index in [1.165, 1.54) is 0 Å². The standard InChI is InChI=1S/C25H19Cl2N5/c26-21-8-4-7-18(23(21)27)22-20-13-32(12-16-5-2-1-3-6-16)10-9-17(20)19(11-28)24(31)25(22,14-29)15-30/h1-9,20,22H,10,12-13,31H2/t20-,22+/m0/s1. The van der Waals surface area contributed by atoms with Gasteiger partial charge in [0.15, 0.2) is 5.41 Å². The van der Waals surface area contributed by atoms with Crippen LogP contribution in [-0.4, -0.2) is 18.0 Å². The zero-order valence-corrected chi connectivity index (χ0v) is 18.6. The van der Waals surface area contributed by atoms with Gasteiger partial charge in [0, 0.05) is 31.5 Å². The van der Waals surface area contributed by atoms with Crippen LogP contribution >= 0.6 is 23.2 Å². The maximum absolute atomic E-state index is 10.2. The van der Waals surface area contributed by atoms with Gasteiger partial charge in [0.05, 0.1) is 33.5 Å². The number of hydrogen-bond donors (Lipinski definition) is 1. The van der Waals surface area contributed by atoms with Gasteiger partial charge < -0.3 is 5.73 Å². The molecule has 0 aromatic heterocycles. The van der Waals surface area contributed by atoms with E-state index in [0.29, 0.717) is 35.2 Å². The molecule has 7 heteroatoms. The minimum absolute atomic E-state index is 0.0231. The Kier molecular flexibility index (Phi) is 5.96. The lowest BCUT2D eigenvalue weighted by atomic mass is 9.58. The fraction of sp³-hybridized carbons (Fsp3) is 0.240. The Morgan fingerprint density at radius 1 is 1.03 bits per heavy atom. The van der Waals surface area contributed by atoms with Crippen LogP contribution in [0.25, 0.3) is 0 Å². The van der Waals surface area contributed by atoms with Gasteiger partial charge in [-0.1, -0.05) is 71.7 Å². The number of hydrogen-bond acceptors (Lipinski definition) is 5. The average Bonchev–Trinajstić information content (AvgIpc) is 2.81. The summed E-state index contributed by atoms with van der Waals surface area (Å²) in [6.07, 6.45) is 1.98. The van der Waals surface area contributed by atoms with Gasteiger partial charge in [0.2, 0.25) is 0 Å². The summed E-state index contributed by atoms with van der Waals surface area (Å²) < 4.78 is 0. The van der Waals surface area contributed by atoms with Gasteiger partial charge in [-0.3, -0.25) is 4.90 Å². The molecule has 32 heavy (non-hydrogen) atoms. The first-order chi connectivity index (χ1) is 15.5. The van der Waals surface area contributed by atoms with Crippen molar-refractivity contribution in [1.29, 1.82) is 15.8 Å². The lowest BCUT2D eigenvalue weighted by Gasteiger charge is -2.45. The van der Waals surface area contributed by atoms with Crippen LogP contribution in [0.5, 0.6) is 0 Å². The predicted octanol–water partition coefficient (Wildman–Crippen LogP) is 4.92. The molecule has 0 saturated carbocycles. The molecule has 158 valence electrons. The van der Waals surface area contributed by atoms with Crippen molar-refractivity contribution in [3.63, 3.8) is 0 Å². The number of fused-ring (bicyclic) bond motifs is 1. The Bertz CT molecular complexity index is 1230. The summed E-state index contributed by atoms with van der Waals surface area (Å²) in [6.45, 7) is 1.86. The minimum atomic E-state index is -1.74. The molecule has 0 bridgehead atoms. The van der Waals surface area contributed by atoms with Crippen molar-refractivity contribution in [1.82, 2.24) is 4.90 Å². The van der Waals surface area contributed by atoms with Crippen LogP contribution in [0.4, 0.5) is 0 Å². The fourth-order valence-corrected chi connectivity index (χ4v) is 5.24. The molecular formula is C25H19Cl2N5. The van der Waals surface area contributed by atoms with E-state index in [4.69, 9.17) is 28.9 Å². The second-order valence-corrected chi connectivity index (χ2v) is 8.78. The number of allylic oxidation sites excluding steroid dienone is 2. The molecule has 2 aromatic rings. The molecule has 0 amide bonds. The quantitative estimate of drug-likeness (QED) is 0.701. The molecular weight excluding hydrogens is 441 g/mol. The lowest BCUT2D eigenvalue weighted by Crippen LogP contribution is -2.48. The SMILES string of the molecule is N#CC1=C(N)C(C#N)(C#N)[C@H](c2cccc(Cl)c2Cl)[C@H]2CN(Cc3ccccc3)CC=C12. The number of halogens is 2. The molecule has 4 rings (SSSR count). The van der Waals surface area contributed by atoms with E-state index >= 15 is 0 Å². The Hall–Kier alpha value is -3.27. The number of nitriles is 3. The van der Waals surface area contributed by atoms with Gasteiger partial charge in [-0.25, -0.2) is 0 Å². The van der Waals surface area contributed by atoms with E-state index in [-0.39, 0.29) is 17.2 Å². The number of benzene rings is 2. The van der Waals surface area contributed by atoms with E-state index in [1.54, 1.807) is 18.2 Å². The molecule has 0 unspecified atom stereocenters. The summed E-state index contributed by atoms with van der Waals surface area (Å²) in [7, 11) is 0. The zero-order valence-electron chi connectivity index (χ0n) is 17.1. The summed E-state index contributed by atoms with van der Waals surface area (Å²) in [5.41, 5.74) is 7.30. The van der Waals surface area contributed by atoms with Crippen molar-refractivity contribution in [2.45, 2.75) is 12.5 Å². The third-order valence-corrected chi connectivity index (χ3v) is 7.14. The van der Waals surface area contributed by atoms with Gasteiger partial charge in [0.1, 0.15) is 6.07 Å². The molecule has 0 radical (unpaired) electrons. The largest absolute Gasteiger partial charge is 0.399 e. The topological polar surface area (TPSA) is 101 Å². The van der Waals surface area contributed by atoms with E-state index in [2.05, 4.69) is 35.2 Å². The first kappa shape index (κ1) is 21.9. The monoisotopic (exact) mass is 459 g/mol. The van der Waals surface area contributed by atoms with Crippen LogP contribution in [0, 0.1) is 45.3 Å². The Morgan fingerprint density at radius 3 is 2.41 bits per heavy atom. The lowest BCUT2D eigenvalue weighted by molar-refractivity contribution is 0.201.